The number of aryl methyl sites for hydroxylation is 1. The molecule has 0 N–H and O–H groups in total. The molecule has 0 spiro atoms. The first-order valence-electron chi connectivity index (χ1n) is 4.12. The maximum absolute atomic E-state index is 10.7. The predicted octanol–water partition coefficient (Wildman–Crippen LogP) is 2.36. The summed E-state index contributed by atoms with van der Waals surface area (Å²) in [4.78, 5) is 14.8. The van der Waals surface area contributed by atoms with Crippen molar-refractivity contribution in [3.8, 4) is 0 Å². The second kappa shape index (κ2) is 2.98. The molecule has 0 atom stereocenters. The van der Waals surface area contributed by atoms with Crippen LogP contribution in [0.1, 0.15) is 16.1 Å². The lowest BCUT2D eigenvalue weighted by Gasteiger charge is -2.02. The van der Waals surface area contributed by atoms with Gasteiger partial charge in [-0.05, 0) is 12.3 Å². The lowest BCUT2D eigenvalue weighted by Crippen LogP contribution is -1.89. The normalized spacial score (nSPS) is 10.2. The van der Waals surface area contributed by atoms with E-state index in [1.54, 1.807) is 6.20 Å². The molecule has 0 amide bonds. The molecule has 2 nitrogen and oxygen atoms in total. The molecule has 1 aromatic heterocycles. The molecule has 64 valence electrons. The molecule has 0 unspecified atom stereocenters. The molecule has 0 bridgehead atoms. The molecule has 0 fully saturated rings. The minimum absolute atomic E-state index is 0.654. The molecule has 13 heavy (non-hydrogen) atoms. The minimum atomic E-state index is 0.654. The highest BCUT2D eigenvalue weighted by Crippen LogP contribution is 2.18. The number of carbonyl (C=O) groups is 1. The molecular formula is C11H9NO. The summed E-state index contributed by atoms with van der Waals surface area (Å²) in [5.74, 6) is 0. The van der Waals surface area contributed by atoms with Gasteiger partial charge >= 0.3 is 0 Å². The van der Waals surface area contributed by atoms with Crippen LogP contribution in [0.3, 0.4) is 0 Å². The van der Waals surface area contributed by atoms with E-state index in [9.17, 15) is 4.79 Å². The Bertz CT molecular complexity index is 463. The number of fused-ring (bicyclic) bond motifs is 1. The fourth-order valence-corrected chi connectivity index (χ4v) is 1.45. The van der Waals surface area contributed by atoms with E-state index in [1.807, 2.05) is 31.2 Å². The zero-order chi connectivity index (χ0) is 9.26. The van der Waals surface area contributed by atoms with E-state index in [1.165, 1.54) is 0 Å². The van der Waals surface area contributed by atoms with Crippen LogP contribution in [0.2, 0.25) is 0 Å². The molecule has 0 radical (unpaired) electrons. The monoisotopic (exact) mass is 171 g/mol. The maximum atomic E-state index is 10.7. The van der Waals surface area contributed by atoms with Crippen molar-refractivity contribution in [2.75, 3.05) is 0 Å². The summed E-state index contributed by atoms with van der Waals surface area (Å²) in [5, 5.41) is 2.03. The number of pyridine rings is 1. The lowest BCUT2D eigenvalue weighted by molar-refractivity contribution is 0.112. The summed E-state index contributed by atoms with van der Waals surface area (Å²) in [6.07, 6.45) is 2.46. The first-order chi connectivity index (χ1) is 6.33. The average molecular weight is 171 g/mol. The second-order valence-electron chi connectivity index (χ2n) is 2.96. The standard InChI is InChI=1S/C11H9NO/c1-8-10-4-2-3-5-11(10)9(7-13)6-12-8/h2-7H,1H3. The van der Waals surface area contributed by atoms with Gasteiger partial charge in [-0.25, -0.2) is 0 Å². The van der Waals surface area contributed by atoms with Crippen molar-refractivity contribution < 1.29 is 4.79 Å². The summed E-state index contributed by atoms with van der Waals surface area (Å²) in [6, 6.07) is 7.79. The number of hydrogen-bond acceptors (Lipinski definition) is 2. The summed E-state index contributed by atoms with van der Waals surface area (Å²) in [6.45, 7) is 1.94. The Morgan fingerprint density at radius 3 is 2.62 bits per heavy atom. The van der Waals surface area contributed by atoms with Crippen molar-refractivity contribution in [1.82, 2.24) is 4.98 Å². The number of carbonyl (C=O) groups excluding carboxylic acids is 1. The van der Waals surface area contributed by atoms with Gasteiger partial charge in [-0.1, -0.05) is 24.3 Å². The molecule has 0 aliphatic carbocycles. The van der Waals surface area contributed by atoms with E-state index < -0.39 is 0 Å². The van der Waals surface area contributed by atoms with Gasteiger partial charge in [0.15, 0.2) is 6.29 Å². The Balaban J connectivity index is 2.92. The van der Waals surface area contributed by atoms with Gasteiger partial charge in [-0.15, -0.1) is 0 Å². The number of aldehydes is 1. The Hall–Kier alpha value is -1.70. The van der Waals surface area contributed by atoms with Gasteiger partial charge in [0.05, 0.1) is 0 Å². The summed E-state index contributed by atoms with van der Waals surface area (Å²) in [7, 11) is 0. The fourth-order valence-electron chi connectivity index (χ4n) is 1.45. The molecule has 0 aliphatic heterocycles. The number of hydrogen-bond donors (Lipinski definition) is 0. The Kier molecular flexibility index (Phi) is 1.81. The third-order valence-electron chi connectivity index (χ3n) is 2.15. The van der Waals surface area contributed by atoms with Crippen molar-refractivity contribution in [1.29, 1.82) is 0 Å². The summed E-state index contributed by atoms with van der Waals surface area (Å²) in [5.41, 5.74) is 1.61. The van der Waals surface area contributed by atoms with E-state index in [2.05, 4.69) is 4.98 Å². The third kappa shape index (κ3) is 1.20. The number of rotatable bonds is 1. The van der Waals surface area contributed by atoms with Crippen molar-refractivity contribution in [3.05, 3.63) is 41.7 Å². The molecule has 0 aliphatic rings. The molecule has 2 heteroatoms. The molecule has 2 aromatic rings. The largest absolute Gasteiger partial charge is 0.298 e. The van der Waals surface area contributed by atoms with Crippen molar-refractivity contribution in [2.45, 2.75) is 6.92 Å². The third-order valence-corrected chi connectivity index (χ3v) is 2.15. The highest BCUT2D eigenvalue weighted by molar-refractivity contribution is 5.98. The van der Waals surface area contributed by atoms with Crippen LogP contribution in [0.5, 0.6) is 0 Å². The topological polar surface area (TPSA) is 30.0 Å². The van der Waals surface area contributed by atoms with Gasteiger partial charge in [0, 0.05) is 22.8 Å². The predicted molar refractivity (Wildman–Crippen MR) is 51.9 cm³/mol. The Morgan fingerprint density at radius 1 is 1.23 bits per heavy atom. The van der Waals surface area contributed by atoms with Crippen LogP contribution in [-0.4, -0.2) is 11.3 Å². The van der Waals surface area contributed by atoms with E-state index in [0.717, 1.165) is 22.8 Å². The second-order valence-corrected chi connectivity index (χ2v) is 2.96. The van der Waals surface area contributed by atoms with Gasteiger partial charge in [-0.3, -0.25) is 9.78 Å². The number of nitrogens with zero attached hydrogens (tertiary/aromatic N) is 1. The van der Waals surface area contributed by atoms with Crippen LogP contribution >= 0.6 is 0 Å². The van der Waals surface area contributed by atoms with Crippen LogP contribution in [-0.2, 0) is 0 Å². The van der Waals surface area contributed by atoms with E-state index >= 15 is 0 Å². The summed E-state index contributed by atoms with van der Waals surface area (Å²) >= 11 is 0. The van der Waals surface area contributed by atoms with Crippen LogP contribution < -0.4 is 0 Å². The average Bonchev–Trinajstić information content (AvgIpc) is 2.19. The summed E-state index contributed by atoms with van der Waals surface area (Å²) < 4.78 is 0. The van der Waals surface area contributed by atoms with E-state index in [-0.39, 0.29) is 0 Å². The first kappa shape index (κ1) is 7.92. The minimum Gasteiger partial charge on any atom is -0.298 e. The SMILES string of the molecule is Cc1ncc(C=O)c2ccccc12. The number of aromatic nitrogens is 1. The molecule has 1 heterocycles. The quantitative estimate of drug-likeness (QED) is 0.616. The smallest absolute Gasteiger partial charge is 0.152 e. The lowest BCUT2D eigenvalue weighted by atomic mass is 10.1. The molecular weight excluding hydrogens is 162 g/mol. The molecule has 0 saturated carbocycles. The highest BCUT2D eigenvalue weighted by Gasteiger charge is 2.01. The van der Waals surface area contributed by atoms with E-state index in [4.69, 9.17) is 0 Å². The molecule has 1 aromatic carbocycles. The van der Waals surface area contributed by atoms with Gasteiger partial charge in [0.2, 0.25) is 0 Å². The number of benzene rings is 1. The first-order valence-corrected chi connectivity index (χ1v) is 4.12. The van der Waals surface area contributed by atoms with Crippen molar-refractivity contribution in [2.24, 2.45) is 0 Å². The zero-order valence-electron chi connectivity index (χ0n) is 7.32. The Morgan fingerprint density at radius 2 is 1.92 bits per heavy atom. The Labute approximate surface area is 76.2 Å². The van der Waals surface area contributed by atoms with Crippen LogP contribution in [0.4, 0.5) is 0 Å². The molecule has 0 saturated heterocycles. The van der Waals surface area contributed by atoms with Crippen LogP contribution in [0, 0.1) is 6.92 Å². The highest BCUT2D eigenvalue weighted by atomic mass is 16.1. The van der Waals surface area contributed by atoms with Gasteiger partial charge in [0.25, 0.3) is 0 Å². The molecule has 2 rings (SSSR count). The van der Waals surface area contributed by atoms with Gasteiger partial charge < -0.3 is 0 Å². The van der Waals surface area contributed by atoms with Gasteiger partial charge in [0.1, 0.15) is 0 Å². The van der Waals surface area contributed by atoms with Crippen molar-refractivity contribution in [3.63, 3.8) is 0 Å². The van der Waals surface area contributed by atoms with Crippen molar-refractivity contribution >= 4 is 17.1 Å². The fraction of sp³-hybridized carbons (Fsp3) is 0.0909. The maximum Gasteiger partial charge on any atom is 0.152 e. The van der Waals surface area contributed by atoms with Crippen LogP contribution in [0.25, 0.3) is 10.8 Å². The zero-order valence-corrected chi connectivity index (χ0v) is 7.32. The van der Waals surface area contributed by atoms with Crippen LogP contribution in [0.15, 0.2) is 30.5 Å². The van der Waals surface area contributed by atoms with E-state index in [0.29, 0.717) is 5.56 Å². The van der Waals surface area contributed by atoms with Gasteiger partial charge in [-0.2, -0.15) is 0 Å².